The maximum atomic E-state index is 13.1. The molecule has 0 aromatic carbocycles. The van der Waals surface area contributed by atoms with E-state index in [0.29, 0.717) is 49.4 Å². The van der Waals surface area contributed by atoms with Gasteiger partial charge in [0.1, 0.15) is 6.04 Å². The average Bonchev–Trinajstić information content (AvgIpc) is 3.59. The number of terminal acetylenes is 1. The van der Waals surface area contributed by atoms with Crippen LogP contribution in [0, 0.1) is 58.7 Å². The maximum Gasteiger partial charge on any atom is 0.243 e. The molecule has 0 saturated heterocycles. The molecule has 0 bridgehead atoms. The zero-order chi connectivity index (χ0) is 30.4. The molecule has 5 N–H and O–H groups in total. The number of carbonyl (C=O) groups is 2. The third-order valence-electron chi connectivity index (χ3n) is 12.7. The molecule has 0 aromatic rings. The zero-order valence-corrected chi connectivity index (χ0v) is 25.9. The van der Waals surface area contributed by atoms with Crippen LogP contribution < -0.4 is 10.6 Å². The molecule has 12 unspecified atom stereocenters. The second-order valence-corrected chi connectivity index (χ2v) is 15.1. The van der Waals surface area contributed by atoms with Gasteiger partial charge in [-0.2, -0.15) is 10.2 Å². The quantitative estimate of drug-likeness (QED) is 0.250. The smallest absolute Gasteiger partial charge is 0.243 e. The molecule has 1 heterocycles. The van der Waals surface area contributed by atoms with Crippen molar-refractivity contribution in [3.05, 3.63) is 0 Å². The number of carbonyl (C=O) groups excluding carboxylic acids is 2. The first-order valence-electron chi connectivity index (χ1n) is 16.3. The number of hydrogen-bond acceptors (Lipinski definition) is 7. The second-order valence-electron chi connectivity index (χ2n) is 15.1. The fourth-order valence-electron chi connectivity index (χ4n) is 10.2. The Bertz CT molecular complexity index is 1100. The fraction of sp³-hybridized carbons (Fsp3) is 0.879. The van der Waals surface area contributed by atoms with E-state index in [0.717, 1.165) is 44.9 Å². The SMILES string of the molecule is C#CCNC(=O)C(CCC1(C)N=N1)NC(=O)CCC(C)C1CCC2C3C(O)C(O)C4CC(O)CCC4(C)C3CCC12C. The van der Waals surface area contributed by atoms with Gasteiger partial charge in [0.15, 0.2) is 5.66 Å². The van der Waals surface area contributed by atoms with E-state index in [2.05, 4.69) is 47.6 Å². The van der Waals surface area contributed by atoms with Crippen LogP contribution in [-0.4, -0.2) is 63.7 Å². The van der Waals surface area contributed by atoms with Crippen molar-refractivity contribution in [2.24, 2.45) is 56.6 Å². The highest BCUT2D eigenvalue weighted by Gasteiger charge is 2.65. The Morgan fingerprint density at radius 3 is 2.33 bits per heavy atom. The molecular weight excluding hydrogens is 532 g/mol. The Labute approximate surface area is 251 Å². The lowest BCUT2D eigenvalue weighted by Crippen LogP contribution is -2.64. The number of rotatable bonds is 10. The summed E-state index contributed by atoms with van der Waals surface area (Å²) >= 11 is 0. The van der Waals surface area contributed by atoms with E-state index in [9.17, 15) is 24.9 Å². The van der Waals surface area contributed by atoms with Gasteiger partial charge in [0.2, 0.25) is 11.8 Å². The van der Waals surface area contributed by atoms with Gasteiger partial charge < -0.3 is 26.0 Å². The predicted molar refractivity (Wildman–Crippen MR) is 159 cm³/mol. The number of aliphatic hydroxyl groups is 3. The number of amides is 2. The van der Waals surface area contributed by atoms with Crippen molar-refractivity contribution in [3.63, 3.8) is 0 Å². The summed E-state index contributed by atoms with van der Waals surface area (Å²) in [5, 5.41) is 46.8. The number of hydrogen-bond donors (Lipinski definition) is 5. The zero-order valence-electron chi connectivity index (χ0n) is 25.9. The summed E-state index contributed by atoms with van der Waals surface area (Å²) < 4.78 is 0. The van der Waals surface area contributed by atoms with Crippen LogP contribution in [0.25, 0.3) is 0 Å². The van der Waals surface area contributed by atoms with E-state index in [1.54, 1.807) is 0 Å². The summed E-state index contributed by atoms with van der Waals surface area (Å²) in [6, 6.07) is -0.669. The average molecular weight is 585 g/mol. The lowest BCUT2D eigenvalue weighted by atomic mass is 9.43. The molecule has 0 spiro atoms. The van der Waals surface area contributed by atoms with E-state index >= 15 is 0 Å². The number of nitrogens with zero attached hydrogens (tertiary/aromatic N) is 2. The van der Waals surface area contributed by atoms with Gasteiger partial charge in [0.05, 0.1) is 24.9 Å². The van der Waals surface area contributed by atoms with E-state index in [1.807, 2.05) is 6.92 Å². The van der Waals surface area contributed by atoms with E-state index in [-0.39, 0.29) is 47.1 Å². The van der Waals surface area contributed by atoms with Gasteiger partial charge >= 0.3 is 0 Å². The van der Waals surface area contributed by atoms with E-state index in [1.165, 1.54) is 0 Å². The Morgan fingerprint density at radius 2 is 1.64 bits per heavy atom. The lowest BCUT2D eigenvalue weighted by molar-refractivity contribution is -0.223. The normalized spacial score (nSPS) is 42.7. The molecule has 1 aliphatic heterocycles. The Kier molecular flexibility index (Phi) is 8.84. The van der Waals surface area contributed by atoms with Gasteiger partial charge in [-0.3, -0.25) is 9.59 Å². The van der Waals surface area contributed by atoms with Gasteiger partial charge in [-0.1, -0.05) is 26.7 Å². The minimum atomic E-state index is -0.788. The predicted octanol–water partition coefficient (Wildman–Crippen LogP) is 3.56. The summed E-state index contributed by atoms with van der Waals surface area (Å²) in [6.07, 6.45) is 12.0. The van der Waals surface area contributed by atoms with Crippen molar-refractivity contribution < 1.29 is 24.9 Å². The van der Waals surface area contributed by atoms with Crippen molar-refractivity contribution in [3.8, 4) is 12.3 Å². The molecule has 9 heteroatoms. The highest BCUT2D eigenvalue weighted by Crippen LogP contribution is 2.68. The molecule has 0 aromatic heterocycles. The molecule has 2 amide bonds. The van der Waals surface area contributed by atoms with Crippen molar-refractivity contribution in [1.29, 1.82) is 0 Å². The highest BCUT2D eigenvalue weighted by molar-refractivity contribution is 5.87. The summed E-state index contributed by atoms with van der Waals surface area (Å²) in [5.41, 5.74) is -0.441. The molecule has 12 atom stereocenters. The fourth-order valence-corrected chi connectivity index (χ4v) is 10.2. The van der Waals surface area contributed by atoms with Crippen LogP contribution in [0.1, 0.15) is 98.3 Å². The molecule has 5 rings (SSSR count). The van der Waals surface area contributed by atoms with Gasteiger partial charge in [0.25, 0.3) is 0 Å². The molecule has 234 valence electrons. The molecule has 9 nitrogen and oxygen atoms in total. The number of fused-ring (bicyclic) bond motifs is 5. The molecule has 4 fully saturated rings. The van der Waals surface area contributed by atoms with E-state index in [4.69, 9.17) is 6.42 Å². The van der Waals surface area contributed by atoms with Gasteiger partial charge in [-0.15, -0.1) is 6.42 Å². The number of nitrogens with one attached hydrogen (secondary N) is 2. The molecule has 5 aliphatic rings. The Balaban J connectivity index is 1.20. The summed E-state index contributed by atoms with van der Waals surface area (Å²) in [6.45, 7) is 8.96. The van der Waals surface area contributed by atoms with Crippen LogP contribution in [-0.2, 0) is 9.59 Å². The molecule has 4 saturated carbocycles. The first-order valence-corrected chi connectivity index (χ1v) is 16.3. The summed E-state index contributed by atoms with van der Waals surface area (Å²) in [5.74, 6) is 3.48. The third-order valence-corrected chi connectivity index (χ3v) is 12.7. The van der Waals surface area contributed by atoms with Crippen molar-refractivity contribution in [2.75, 3.05) is 6.54 Å². The van der Waals surface area contributed by atoms with Gasteiger partial charge in [-0.25, -0.2) is 0 Å². The molecular formula is C33H52N4O5. The second kappa shape index (κ2) is 11.8. The van der Waals surface area contributed by atoms with E-state index < -0.39 is 23.9 Å². The van der Waals surface area contributed by atoms with Crippen LogP contribution in [0.4, 0.5) is 0 Å². The van der Waals surface area contributed by atoms with Crippen LogP contribution in [0.5, 0.6) is 0 Å². The lowest BCUT2D eigenvalue weighted by Gasteiger charge is -2.63. The van der Waals surface area contributed by atoms with Crippen LogP contribution >= 0.6 is 0 Å². The molecule has 42 heavy (non-hydrogen) atoms. The van der Waals surface area contributed by atoms with Crippen molar-refractivity contribution in [2.45, 2.75) is 128 Å². The highest BCUT2D eigenvalue weighted by atomic mass is 16.3. The first-order chi connectivity index (χ1) is 19.8. The Hall–Kier alpha value is -2.02. The van der Waals surface area contributed by atoms with Crippen LogP contribution in [0.15, 0.2) is 10.2 Å². The third kappa shape index (κ3) is 5.76. The Morgan fingerprint density at radius 1 is 0.952 bits per heavy atom. The summed E-state index contributed by atoms with van der Waals surface area (Å²) in [4.78, 5) is 25.7. The monoisotopic (exact) mass is 584 g/mol. The largest absolute Gasteiger partial charge is 0.393 e. The first kappa shape index (κ1) is 31.4. The minimum absolute atomic E-state index is 0.0478. The van der Waals surface area contributed by atoms with Crippen LogP contribution in [0.2, 0.25) is 0 Å². The van der Waals surface area contributed by atoms with Crippen LogP contribution in [0.3, 0.4) is 0 Å². The minimum Gasteiger partial charge on any atom is -0.393 e. The maximum absolute atomic E-state index is 13.1. The van der Waals surface area contributed by atoms with Crippen molar-refractivity contribution >= 4 is 11.8 Å². The topological polar surface area (TPSA) is 144 Å². The summed E-state index contributed by atoms with van der Waals surface area (Å²) in [7, 11) is 0. The van der Waals surface area contributed by atoms with Gasteiger partial charge in [0, 0.05) is 6.42 Å². The molecule has 4 aliphatic carbocycles. The van der Waals surface area contributed by atoms with Crippen molar-refractivity contribution in [1.82, 2.24) is 10.6 Å². The standard InChI is InChI=1S/C33H52N4O5/c1-6-17-34-30(42)25(13-16-33(5)36-37-33)35-26(39)10-7-19(2)21-8-9-22-27-23(12-15-31(21,22)3)32(4)14-11-20(38)18-24(32)28(40)29(27)41/h1,19-25,27-29,38,40-41H,7-18H2,2-5H3,(H,34,42)(H,35,39). The number of aliphatic hydroxyl groups excluding tert-OH is 3. The molecule has 0 radical (unpaired) electrons. The van der Waals surface area contributed by atoms with Gasteiger partial charge in [-0.05, 0) is 117 Å².